The number of hydrogen-bond acceptors (Lipinski definition) is 3. The van der Waals surface area contributed by atoms with Gasteiger partial charge < -0.3 is 14.6 Å². The highest BCUT2D eigenvalue weighted by Gasteiger charge is 2.24. The fourth-order valence-corrected chi connectivity index (χ4v) is 4.26. The summed E-state index contributed by atoms with van der Waals surface area (Å²) in [6.07, 6.45) is 5.56. The SMILES string of the molecule is COc1ccc(Cn2c(C(C)NC(=O)C3CCCCC3)nc3ccccc32)cc1. The summed E-state index contributed by atoms with van der Waals surface area (Å²) >= 11 is 0. The number of ether oxygens (including phenoxy) is 1. The number of amides is 1. The second-order valence-corrected chi connectivity index (χ2v) is 7.96. The van der Waals surface area contributed by atoms with Crippen LogP contribution in [-0.2, 0) is 11.3 Å². The van der Waals surface area contributed by atoms with Crippen LogP contribution in [0, 0.1) is 5.92 Å². The predicted molar refractivity (Wildman–Crippen MR) is 115 cm³/mol. The lowest BCUT2D eigenvalue weighted by Gasteiger charge is -2.23. The highest BCUT2D eigenvalue weighted by atomic mass is 16.5. The molecule has 1 amide bonds. The van der Waals surface area contributed by atoms with Crippen molar-refractivity contribution in [2.24, 2.45) is 5.92 Å². The fraction of sp³-hybridized carbons (Fsp3) is 0.417. The molecule has 5 nitrogen and oxygen atoms in total. The molecule has 0 aliphatic heterocycles. The number of fused-ring (bicyclic) bond motifs is 1. The minimum atomic E-state index is -0.143. The van der Waals surface area contributed by atoms with Crippen LogP contribution in [0.15, 0.2) is 48.5 Å². The molecule has 3 aromatic rings. The van der Waals surface area contributed by atoms with E-state index in [9.17, 15) is 4.79 Å². The zero-order chi connectivity index (χ0) is 20.2. The molecule has 0 radical (unpaired) electrons. The number of nitrogens with one attached hydrogen (secondary N) is 1. The second-order valence-electron chi connectivity index (χ2n) is 7.96. The van der Waals surface area contributed by atoms with E-state index < -0.39 is 0 Å². The topological polar surface area (TPSA) is 56.1 Å². The van der Waals surface area contributed by atoms with Gasteiger partial charge in [-0.2, -0.15) is 0 Å². The highest BCUT2D eigenvalue weighted by Crippen LogP contribution is 2.26. The van der Waals surface area contributed by atoms with Gasteiger partial charge in [0, 0.05) is 12.5 Å². The molecule has 1 fully saturated rings. The van der Waals surface area contributed by atoms with Gasteiger partial charge in [-0.05, 0) is 49.6 Å². The van der Waals surface area contributed by atoms with Gasteiger partial charge in [-0.15, -0.1) is 0 Å². The van der Waals surface area contributed by atoms with Crippen molar-refractivity contribution in [1.29, 1.82) is 0 Å². The number of hydrogen-bond donors (Lipinski definition) is 1. The Bertz CT molecular complexity index is 971. The molecule has 1 heterocycles. The van der Waals surface area contributed by atoms with Crippen LogP contribution in [-0.4, -0.2) is 22.6 Å². The summed E-state index contributed by atoms with van der Waals surface area (Å²) in [5.74, 6) is 2.05. The number of imidazole rings is 1. The van der Waals surface area contributed by atoms with Crippen molar-refractivity contribution in [1.82, 2.24) is 14.9 Å². The van der Waals surface area contributed by atoms with E-state index in [1.54, 1.807) is 7.11 Å². The first-order chi connectivity index (χ1) is 14.2. The summed E-state index contributed by atoms with van der Waals surface area (Å²) in [6.45, 7) is 2.73. The lowest BCUT2D eigenvalue weighted by molar-refractivity contribution is -0.126. The Morgan fingerprint density at radius 1 is 1.14 bits per heavy atom. The first-order valence-electron chi connectivity index (χ1n) is 10.5. The lowest BCUT2D eigenvalue weighted by Crippen LogP contribution is -2.35. The number of nitrogens with zero attached hydrogens (tertiary/aromatic N) is 2. The van der Waals surface area contributed by atoms with Crippen molar-refractivity contribution >= 4 is 16.9 Å². The summed E-state index contributed by atoms with van der Waals surface area (Å²) in [4.78, 5) is 17.6. The predicted octanol–water partition coefficient (Wildman–Crippen LogP) is 4.85. The number of carbonyl (C=O) groups is 1. The highest BCUT2D eigenvalue weighted by molar-refractivity contribution is 5.80. The standard InChI is InChI=1S/C24H29N3O2/c1-17(25-24(28)19-8-4-3-5-9-19)23-26-21-10-6-7-11-22(21)27(23)16-18-12-14-20(29-2)15-13-18/h6-7,10-15,17,19H,3-5,8-9,16H2,1-2H3,(H,25,28). The Balaban J connectivity index is 1.60. The third-order valence-electron chi connectivity index (χ3n) is 5.91. The van der Waals surface area contributed by atoms with Gasteiger partial charge in [-0.1, -0.05) is 43.5 Å². The molecule has 29 heavy (non-hydrogen) atoms. The minimum absolute atomic E-state index is 0.143. The van der Waals surface area contributed by atoms with Crippen molar-refractivity contribution in [3.05, 3.63) is 59.9 Å². The maximum Gasteiger partial charge on any atom is 0.223 e. The van der Waals surface area contributed by atoms with E-state index in [0.717, 1.165) is 48.3 Å². The van der Waals surface area contributed by atoms with E-state index in [0.29, 0.717) is 6.54 Å². The summed E-state index contributed by atoms with van der Waals surface area (Å²) in [5.41, 5.74) is 3.20. The zero-order valence-electron chi connectivity index (χ0n) is 17.2. The third-order valence-corrected chi connectivity index (χ3v) is 5.91. The molecule has 5 heteroatoms. The van der Waals surface area contributed by atoms with Crippen LogP contribution in [0.3, 0.4) is 0 Å². The lowest BCUT2D eigenvalue weighted by atomic mass is 9.88. The summed E-state index contributed by atoms with van der Waals surface area (Å²) in [7, 11) is 1.67. The average Bonchev–Trinajstić information content (AvgIpc) is 3.13. The van der Waals surface area contributed by atoms with Gasteiger partial charge in [0.2, 0.25) is 5.91 Å². The first kappa shape index (κ1) is 19.5. The van der Waals surface area contributed by atoms with Crippen LogP contribution in [0.25, 0.3) is 11.0 Å². The van der Waals surface area contributed by atoms with Crippen LogP contribution in [0.5, 0.6) is 5.75 Å². The molecule has 0 saturated heterocycles. The molecular weight excluding hydrogens is 362 g/mol. The second kappa shape index (κ2) is 8.68. The Labute approximate surface area is 172 Å². The minimum Gasteiger partial charge on any atom is -0.497 e. The monoisotopic (exact) mass is 391 g/mol. The van der Waals surface area contributed by atoms with Crippen molar-refractivity contribution in [2.45, 2.75) is 51.6 Å². The van der Waals surface area contributed by atoms with Gasteiger partial charge in [0.15, 0.2) is 0 Å². The summed E-state index contributed by atoms with van der Waals surface area (Å²) < 4.78 is 7.48. The smallest absolute Gasteiger partial charge is 0.223 e. The van der Waals surface area contributed by atoms with Crippen LogP contribution in [0.2, 0.25) is 0 Å². The molecule has 4 rings (SSSR count). The van der Waals surface area contributed by atoms with Crippen LogP contribution in [0.1, 0.15) is 56.5 Å². The number of rotatable bonds is 6. The Morgan fingerprint density at radius 2 is 1.86 bits per heavy atom. The molecule has 1 aliphatic carbocycles. The van der Waals surface area contributed by atoms with Crippen molar-refractivity contribution < 1.29 is 9.53 Å². The van der Waals surface area contributed by atoms with Gasteiger partial charge in [0.1, 0.15) is 11.6 Å². The van der Waals surface area contributed by atoms with E-state index in [1.807, 2.05) is 37.3 Å². The van der Waals surface area contributed by atoms with Crippen LogP contribution in [0.4, 0.5) is 0 Å². The van der Waals surface area contributed by atoms with E-state index in [2.05, 4.69) is 28.1 Å². The van der Waals surface area contributed by atoms with E-state index >= 15 is 0 Å². The quantitative estimate of drug-likeness (QED) is 0.653. The van der Waals surface area contributed by atoms with Gasteiger partial charge in [0.05, 0.1) is 24.2 Å². The van der Waals surface area contributed by atoms with Crippen molar-refractivity contribution in [2.75, 3.05) is 7.11 Å². The van der Waals surface area contributed by atoms with E-state index in [1.165, 1.54) is 12.0 Å². The van der Waals surface area contributed by atoms with E-state index in [-0.39, 0.29) is 17.9 Å². The maximum absolute atomic E-state index is 12.8. The Hall–Kier alpha value is -2.82. The molecule has 1 unspecified atom stereocenters. The van der Waals surface area contributed by atoms with E-state index in [4.69, 9.17) is 9.72 Å². The first-order valence-corrected chi connectivity index (χ1v) is 10.5. The van der Waals surface area contributed by atoms with Gasteiger partial charge in [0.25, 0.3) is 0 Å². The van der Waals surface area contributed by atoms with Gasteiger partial charge in [-0.25, -0.2) is 4.98 Å². The molecule has 1 aromatic heterocycles. The molecule has 0 bridgehead atoms. The normalized spacial score (nSPS) is 15.9. The third kappa shape index (κ3) is 4.29. The maximum atomic E-state index is 12.8. The molecule has 152 valence electrons. The summed E-state index contributed by atoms with van der Waals surface area (Å²) in [5, 5.41) is 3.23. The van der Waals surface area contributed by atoms with Gasteiger partial charge >= 0.3 is 0 Å². The van der Waals surface area contributed by atoms with Crippen molar-refractivity contribution in [3.63, 3.8) is 0 Å². The van der Waals surface area contributed by atoms with Crippen molar-refractivity contribution in [3.8, 4) is 5.75 Å². The number of carbonyl (C=O) groups excluding carboxylic acids is 1. The number of para-hydroxylation sites is 2. The fourth-order valence-electron chi connectivity index (χ4n) is 4.26. The average molecular weight is 392 g/mol. The number of aromatic nitrogens is 2. The molecule has 2 aromatic carbocycles. The molecule has 0 spiro atoms. The van der Waals surface area contributed by atoms with Crippen LogP contribution >= 0.6 is 0 Å². The Morgan fingerprint density at radius 3 is 2.59 bits per heavy atom. The summed E-state index contributed by atoms with van der Waals surface area (Å²) in [6, 6.07) is 16.1. The zero-order valence-corrected chi connectivity index (χ0v) is 17.2. The number of benzene rings is 2. The largest absolute Gasteiger partial charge is 0.497 e. The molecule has 1 saturated carbocycles. The number of methoxy groups -OCH3 is 1. The molecule has 1 atom stereocenters. The van der Waals surface area contributed by atoms with Crippen LogP contribution < -0.4 is 10.1 Å². The molecular formula is C24H29N3O2. The molecule has 1 N–H and O–H groups in total. The van der Waals surface area contributed by atoms with Gasteiger partial charge in [-0.3, -0.25) is 4.79 Å². The Kier molecular flexibility index (Phi) is 5.84. The molecule has 1 aliphatic rings.